The molecule has 0 bridgehead atoms. The predicted octanol–water partition coefficient (Wildman–Crippen LogP) is 4.55. The highest BCUT2D eigenvalue weighted by molar-refractivity contribution is 7.92. The van der Waals surface area contributed by atoms with E-state index in [1.54, 1.807) is 18.2 Å². The number of hydrogen-bond donors (Lipinski definition) is 1. The molecule has 0 radical (unpaired) electrons. The molecule has 2 heterocycles. The van der Waals surface area contributed by atoms with Gasteiger partial charge in [0, 0.05) is 11.3 Å². The molecule has 0 fully saturated rings. The number of sulfonamides is 1. The van der Waals surface area contributed by atoms with Gasteiger partial charge in [-0.05, 0) is 48.4 Å². The number of nitrogens with one attached hydrogen (secondary N) is 1. The topological polar surface area (TPSA) is 83.1 Å². The number of nitriles is 1. The molecule has 5 nitrogen and oxygen atoms in total. The number of furan rings is 1. The van der Waals surface area contributed by atoms with Crippen molar-refractivity contribution >= 4 is 27.0 Å². The standard InChI is InChI=1S/C18H16N2O3S2/c1-3-14-6-9-18(23-14)25(21,22)20-16-10-13(5-4-12(16)2)17-8-7-15(11-19)24-17/h4-10,20H,3H2,1-2H3. The lowest BCUT2D eigenvalue weighted by Crippen LogP contribution is -2.13. The van der Waals surface area contributed by atoms with Gasteiger partial charge in [0.05, 0.1) is 5.69 Å². The largest absolute Gasteiger partial charge is 0.448 e. The summed E-state index contributed by atoms with van der Waals surface area (Å²) in [6.45, 7) is 3.73. The summed E-state index contributed by atoms with van der Waals surface area (Å²) in [7, 11) is -3.79. The zero-order valence-electron chi connectivity index (χ0n) is 13.7. The van der Waals surface area contributed by atoms with E-state index in [0.717, 1.165) is 16.0 Å². The van der Waals surface area contributed by atoms with Crippen molar-refractivity contribution in [2.24, 2.45) is 0 Å². The predicted molar refractivity (Wildman–Crippen MR) is 98.1 cm³/mol. The highest BCUT2D eigenvalue weighted by atomic mass is 32.2. The second-order valence-corrected chi connectivity index (χ2v) is 8.18. The average molecular weight is 372 g/mol. The third kappa shape index (κ3) is 3.60. The van der Waals surface area contributed by atoms with E-state index in [4.69, 9.17) is 9.68 Å². The van der Waals surface area contributed by atoms with Crippen LogP contribution in [-0.4, -0.2) is 8.42 Å². The van der Waals surface area contributed by atoms with Gasteiger partial charge in [0.1, 0.15) is 16.7 Å². The summed E-state index contributed by atoms with van der Waals surface area (Å²) in [4.78, 5) is 1.52. The van der Waals surface area contributed by atoms with Crippen molar-refractivity contribution in [2.75, 3.05) is 4.72 Å². The van der Waals surface area contributed by atoms with Gasteiger partial charge in [0.25, 0.3) is 10.0 Å². The van der Waals surface area contributed by atoms with E-state index < -0.39 is 10.0 Å². The number of nitrogens with zero attached hydrogens (tertiary/aromatic N) is 1. The molecule has 2 aromatic heterocycles. The van der Waals surface area contributed by atoms with Crippen LogP contribution in [0.3, 0.4) is 0 Å². The van der Waals surface area contributed by atoms with Crippen molar-refractivity contribution in [1.29, 1.82) is 5.26 Å². The molecule has 3 rings (SSSR count). The molecular formula is C18H16N2O3S2. The monoisotopic (exact) mass is 372 g/mol. The zero-order chi connectivity index (χ0) is 18.0. The van der Waals surface area contributed by atoms with E-state index in [0.29, 0.717) is 22.7 Å². The van der Waals surface area contributed by atoms with E-state index in [1.807, 2.05) is 32.0 Å². The van der Waals surface area contributed by atoms with E-state index in [9.17, 15) is 8.42 Å². The SMILES string of the molecule is CCc1ccc(S(=O)(=O)Nc2cc(-c3ccc(C#N)s3)ccc2C)o1. The van der Waals surface area contributed by atoms with Crippen LogP contribution in [0.25, 0.3) is 10.4 Å². The molecule has 0 saturated heterocycles. The maximum Gasteiger partial charge on any atom is 0.295 e. The second kappa shape index (κ2) is 6.75. The fourth-order valence-electron chi connectivity index (χ4n) is 2.33. The number of hydrogen-bond acceptors (Lipinski definition) is 5. The number of rotatable bonds is 5. The summed E-state index contributed by atoms with van der Waals surface area (Å²) in [5.41, 5.74) is 2.13. The van der Waals surface area contributed by atoms with Crippen LogP contribution in [-0.2, 0) is 16.4 Å². The first-order chi connectivity index (χ1) is 11.9. The fourth-order valence-corrected chi connectivity index (χ4v) is 4.20. The van der Waals surface area contributed by atoms with Gasteiger partial charge in [0.2, 0.25) is 5.09 Å². The summed E-state index contributed by atoms with van der Waals surface area (Å²) in [5, 5.41) is 8.86. The van der Waals surface area contributed by atoms with Crippen LogP contribution < -0.4 is 4.72 Å². The van der Waals surface area contributed by atoms with Crippen molar-refractivity contribution in [3.63, 3.8) is 0 Å². The minimum Gasteiger partial charge on any atom is -0.448 e. The van der Waals surface area contributed by atoms with Gasteiger partial charge in [-0.25, -0.2) is 0 Å². The molecule has 25 heavy (non-hydrogen) atoms. The lowest BCUT2D eigenvalue weighted by Gasteiger charge is -2.10. The summed E-state index contributed by atoms with van der Waals surface area (Å²) in [5.74, 6) is 0.619. The van der Waals surface area contributed by atoms with Crippen LogP contribution in [0.15, 0.2) is 52.0 Å². The lowest BCUT2D eigenvalue weighted by molar-refractivity contribution is 0.419. The third-order valence-corrected chi connectivity index (χ3v) is 6.01. The van der Waals surface area contributed by atoms with Crippen LogP contribution in [0.2, 0.25) is 0 Å². The molecule has 3 aromatic rings. The lowest BCUT2D eigenvalue weighted by atomic mass is 10.1. The molecule has 7 heteroatoms. The Morgan fingerprint density at radius 2 is 2.00 bits per heavy atom. The van der Waals surface area contributed by atoms with Crippen LogP contribution in [0.4, 0.5) is 5.69 Å². The highest BCUT2D eigenvalue weighted by Crippen LogP contribution is 2.31. The van der Waals surface area contributed by atoms with Gasteiger partial charge < -0.3 is 4.42 Å². The van der Waals surface area contributed by atoms with E-state index in [1.165, 1.54) is 17.4 Å². The van der Waals surface area contributed by atoms with Crippen LogP contribution in [0.5, 0.6) is 0 Å². The Balaban J connectivity index is 1.94. The van der Waals surface area contributed by atoms with Gasteiger partial charge in [-0.2, -0.15) is 13.7 Å². The Labute approximate surface area is 150 Å². The van der Waals surface area contributed by atoms with Gasteiger partial charge in [-0.3, -0.25) is 4.72 Å². The number of aryl methyl sites for hydroxylation is 2. The molecule has 0 aliphatic carbocycles. The Morgan fingerprint density at radius 1 is 1.20 bits per heavy atom. The Hall–Kier alpha value is -2.56. The summed E-state index contributed by atoms with van der Waals surface area (Å²) >= 11 is 1.36. The smallest absolute Gasteiger partial charge is 0.295 e. The van der Waals surface area contributed by atoms with Crippen molar-refractivity contribution < 1.29 is 12.8 Å². The van der Waals surface area contributed by atoms with Crippen LogP contribution in [0.1, 0.15) is 23.1 Å². The van der Waals surface area contributed by atoms with Crippen molar-refractivity contribution in [3.05, 3.63) is 58.7 Å². The molecule has 0 aliphatic rings. The van der Waals surface area contributed by atoms with Crippen molar-refractivity contribution in [3.8, 4) is 16.5 Å². The number of anilines is 1. The molecular weight excluding hydrogens is 356 g/mol. The zero-order valence-corrected chi connectivity index (χ0v) is 15.4. The fraction of sp³-hybridized carbons (Fsp3) is 0.167. The van der Waals surface area contributed by atoms with Crippen molar-refractivity contribution in [2.45, 2.75) is 25.4 Å². The number of benzene rings is 1. The molecule has 1 aromatic carbocycles. The van der Waals surface area contributed by atoms with Gasteiger partial charge >= 0.3 is 0 Å². The van der Waals surface area contributed by atoms with Crippen molar-refractivity contribution in [1.82, 2.24) is 0 Å². The van der Waals surface area contributed by atoms with Gasteiger partial charge in [0.15, 0.2) is 0 Å². The maximum absolute atomic E-state index is 12.5. The maximum atomic E-state index is 12.5. The average Bonchev–Trinajstić information content (AvgIpc) is 3.26. The molecule has 0 saturated carbocycles. The molecule has 0 aliphatic heterocycles. The Morgan fingerprint density at radius 3 is 2.64 bits per heavy atom. The molecule has 1 N–H and O–H groups in total. The minimum atomic E-state index is -3.79. The Kier molecular flexibility index (Phi) is 4.66. The van der Waals surface area contributed by atoms with Gasteiger partial charge in [-0.1, -0.05) is 19.1 Å². The normalized spacial score (nSPS) is 11.2. The first-order valence-electron chi connectivity index (χ1n) is 7.65. The minimum absolute atomic E-state index is 0.1000. The molecule has 0 unspecified atom stereocenters. The first kappa shape index (κ1) is 17.3. The second-order valence-electron chi connectivity index (χ2n) is 5.49. The molecule has 0 amide bonds. The van der Waals surface area contributed by atoms with E-state index in [-0.39, 0.29) is 5.09 Å². The van der Waals surface area contributed by atoms with Crippen LogP contribution >= 0.6 is 11.3 Å². The summed E-state index contributed by atoms with van der Waals surface area (Å²) in [6.07, 6.45) is 0.629. The first-order valence-corrected chi connectivity index (χ1v) is 9.95. The molecule has 128 valence electrons. The summed E-state index contributed by atoms with van der Waals surface area (Å²) < 4.78 is 33.0. The Bertz CT molecular complexity index is 1060. The third-order valence-electron chi connectivity index (χ3n) is 3.73. The summed E-state index contributed by atoms with van der Waals surface area (Å²) in [6, 6.07) is 14.3. The molecule has 0 spiro atoms. The van der Waals surface area contributed by atoms with E-state index >= 15 is 0 Å². The molecule has 0 atom stereocenters. The van der Waals surface area contributed by atoms with Gasteiger partial charge in [-0.15, -0.1) is 11.3 Å². The number of thiophene rings is 1. The quantitative estimate of drug-likeness (QED) is 0.712. The highest BCUT2D eigenvalue weighted by Gasteiger charge is 2.20. The van der Waals surface area contributed by atoms with E-state index in [2.05, 4.69) is 10.8 Å². The van der Waals surface area contributed by atoms with Crippen LogP contribution in [0, 0.1) is 18.3 Å².